The maximum Gasteiger partial charge on any atom is 0.323 e. The first kappa shape index (κ1) is 16.3. The van der Waals surface area contributed by atoms with Crippen LogP contribution in [0.25, 0.3) is 0 Å². The maximum absolute atomic E-state index is 12.2. The Hall–Kier alpha value is -1.75. The molecule has 0 aliphatic rings. The number of carboxylic acids is 1. The Kier molecular flexibility index (Phi) is 5.82. The molecular weight excluding hydrogens is 280 g/mol. The van der Waals surface area contributed by atoms with E-state index < -0.39 is 12.0 Å². The SMILES string of the molecule is CCC(C)N(CC(=O)O)C(=O)Nc1ccc(C)cc1Cl. The molecule has 0 fully saturated rings. The highest BCUT2D eigenvalue weighted by Crippen LogP contribution is 2.23. The Morgan fingerprint density at radius 2 is 2.10 bits per heavy atom. The van der Waals surface area contributed by atoms with Gasteiger partial charge in [0.15, 0.2) is 0 Å². The summed E-state index contributed by atoms with van der Waals surface area (Å²) in [6.45, 7) is 5.25. The summed E-state index contributed by atoms with van der Waals surface area (Å²) in [4.78, 5) is 24.3. The van der Waals surface area contributed by atoms with Crippen LogP contribution in [-0.4, -0.2) is 34.6 Å². The fourth-order valence-electron chi connectivity index (χ4n) is 1.70. The second-order valence-corrected chi connectivity index (χ2v) is 5.10. The smallest absolute Gasteiger partial charge is 0.323 e. The molecule has 20 heavy (non-hydrogen) atoms. The van der Waals surface area contributed by atoms with Gasteiger partial charge in [-0.1, -0.05) is 24.6 Å². The van der Waals surface area contributed by atoms with E-state index in [0.29, 0.717) is 17.1 Å². The molecule has 0 radical (unpaired) electrons. The van der Waals surface area contributed by atoms with Crippen LogP contribution in [0.15, 0.2) is 18.2 Å². The standard InChI is InChI=1S/C14H19ClN2O3/c1-4-10(3)17(8-13(18)19)14(20)16-12-6-5-9(2)7-11(12)15/h5-7,10H,4,8H2,1-3H3,(H,16,20)(H,18,19). The van der Waals surface area contributed by atoms with Gasteiger partial charge in [-0.25, -0.2) is 4.79 Å². The molecule has 0 aliphatic heterocycles. The number of rotatable bonds is 5. The first-order valence-electron chi connectivity index (χ1n) is 6.40. The van der Waals surface area contributed by atoms with Gasteiger partial charge in [0.2, 0.25) is 0 Å². The molecular formula is C14H19ClN2O3. The van der Waals surface area contributed by atoms with E-state index in [1.165, 1.54) is 4.90 Å². The van der Waals surface area contributed by atoms with Gasteiger partial charge in [0.25, 0.3) is 0 Å². The van der Waals surface area contributed by atoms with Crippen LogP contribution in [0.2, 0.25) is 5.02 Å². The van der Waals surface area contributed by atoms with Crippen LogP contribution >= 0.6 is 11.6 Å². The van der Waals surface area contributed by atoms with Crippen LogP contribution < -0.4 is 5.32 Å². The van der Waals surface area contributed by atoms with Crippen molar-refractivity contribution >= 4 is 29.3 Å². The molecule has 2 amide bonds. The summed E-state index contributed by atoms with van der Waals surface area (Å²) in [5, 5.41) is 12.0. The van der Waals surface area contributed by atoms with Gasteiger partial charge in [-0.05, 0) is 38.0 Å². The van der Waals surface area contributed by atoms with Crippen LogP contribution in [-0.2, 0) is 4.79 Å². The number of amides is 2. The van der Waals surface area contributed by atoms with Crippen LogP contribution in [0.5, 0.6) is 0 Å². The van der Waals surface area contributed by atoms with Gasteiger partial charge in [-0.15, -0.1) is 0 Å². The summed E-state index contributed by atoms with van der Waals surface area (Å²) >= 11 is 6.05. The van der Waals surface area contributed by atoms with Gasteiger partial charge in [-0.3, -0.25) is 4.79 Å². The van der Waals surface area contributed by atoms with Crippen molar-refractivity contribution in [2.75, 3.05) is 11.9 Å². The highest BCUT2D eigenvalue weighted by atomic mass is 35.5. The molecule has 6 heteroatoms. The molecule has 1 unspecified atom stereocenters. The topological polar surface area (TPSA) is 69.6 Å². The molecule has 1 atom stereocenters. The van der Waals surface area contributed by atoms with E-state index in [2.05, 4.69) is 5.32 Å². The van der Waals surface area contributed by atoms with Gasteiger partial charge in [0.1, 0.15) is 6.54 Å². The second-order valence-electron chi connectivity index (χ2n) is 4.69. The minimum absolute atomic E-state index is 0.171. The number of halogens is 1. The zero-order chi connectivity index (χ0) is 15.3. The van der Waals surface area contributed by atoms with Gasteiger partial charge in [0, 0.05) is 6.04 Å². The summed E-state index contributed by atoms with van der Waals surface area (Å²) in [5.74, 6) is -1.05. The lowest BCUT2D eigenvalue weighted by atomic mass is 10.2. The van der Waals surface area contributed by atoms with E-state index >= 15 is 0 Å². The highest BCUT2D eigenvalue weighted by molar-refractivity contribution is 6.33. The average molecular weight is 299 g/mol. The van der Waals surface area contributed by atoms with E-state index in [-0.39, 0.29) is 12.6 Å². The maximum atomic E-state index is 12.2. The largest absolute Gasteiger partial charge is 0.480 e. The number of hydrogen-bond donors (Lipinski definition) is 2. The van der Waals surface area contributed by atoms with E-state index in [1.807, 2.05) is 19.9 Å². The third-order valence-electron chi connectivity index (χ3n) is 3.06. The lowest BCUT2D eigenvalue weighted by Crippen LogP contribution is -2.44. The Morgan fingerprint density at radius 1 is 1.45 bits per heavy atom. The number of nitrogens with zero attached hydrogens (tertiary/aromatic N) is 1. The summed E-state index contributed by atoms with van der Waals surface area (Å²) in [5.41, 5.74) is 1.46. The molecule has 0 aliphatic carbocycles. The fourth-order valence-corrected chi connectivity index (χ4v) is 1.98. The minimum atomic E-state index is -1.05. The Morgan fingerprint density at radius 3 is 2.60 bits per heavy atom. The lowest BCUT2D eigenvalue weighted by molar-refractivity contribution is -0.138. The van der Waals surface area contributed by atoms with Gasteiger partial charge < -0.3 is 15.3 Å². The number of urea groups is 1. The number of aryl methyl sites for hydroxylation is 1. The fraction of sp³-hybridized carbons (Fsp3) is 0.429. The van der Waals surface area contributed by atoms with Crippen molar-refractivity contribution in [3.05, 3.63) is 28.8 Å². The molecule has 110 valence electrons. The minimum Gasteiger partial charge on any atom is -0.480 e. The molecule has 1 aromatic rings. The Labute approximate surface area is 123 Å². The van der Waals surface area contributed by atoms with E-state index in [4.69, 9.17) is 16.7 Å². The van der Waals surface area contributed by atoms with Crippen molar-refractivity contribution in [2.24, 2.45) is 0 Å². The molecule has 0 spiro atoms. The zero-order valence-corrected chi connectivity index (χ0v) is 12.6. The number of benzene rings is 1. The number of hydrogen-bond acceptors (Lipinski definition) is 2. The van der Waals surface area contributed by atoms with E-state index in [0.717, 1.165) is 5.56 Å². The van der Waals surface area contributed by atoms with Crippen molar-refractivity contribution < 1.29 is 14.7 Å². The highest BCUT2D eigenvalue weighted by Gasteiger charge is 2.22. The van der Waals surface area contributed by atoms with Gasteiger partial charge in [-0.2, -0.15) is 0 Å². The monoisotopic (exact) mass is 298 g/mol. The number of nitrogens with one attached hydrogen (secondary N) is 1. The Bertz CT molecular complexity index is 505. The predicted octanol–water partition coefficient (Wildman–Crippen LogP) is 3.37. The summed E-state index contributed by atoms with van der Waals surface area (Å²) in [7, 11) is 0. The van der Waals surface area contributed by atoms with Gasteiger partial charge in [0.05, 0.1) is 10.7 Å². The molecule has 0 aromatic heterocycles. The van der Waals surface area contributed by atoms with Crippen molar-refractivity contribution in [1.82, 2.24) is 4.90 Å². The predicted molar refractivity (Wildman–Crippen MR) is 79.3 cm³/mol. The molecule has 0 saturated heterocycles. The van der Waals surface area contributed by atoms with Crippen molar-refractivity contribution in [3.8, 4) is 0 Å². The van der Waals surface area contributed by atoms with Crippen LogP contribution in [0.4, 0.5) is 10.5 Å². The number of carbonyl (C=O) groups excluding carboxylic acids is 1. The summed E-state index contributed by atoms with van der Waals surface area (Å²) in [6, 6.07) is 4.63. The summed E-state index contributed by atoms with van der Waals surface area (Å²) in [6.07, 6.45) is 0.669. The molecule has 0 saturated carbocycles. The van der Waals surface area contributed by atoms with Crippen molar-refractivity contribution in [2.45, 2.75) is 33.2 Å². The summed E-state index contributed by atoms with van der Waals surface area (Å²) < 4.78 is 0. The third kappa shape index (κ3) is 4.42. The van der Waals surface area contributed by atoms with Gasteiger partial charge >= 0.3 is 12.0 Å². The molecule has 2 N–H and O–H groups in total. The zero-order valence-electron chi connectivity index (χ0n) is 11.8. The van der Waals surface area contributed by atoms with E-state index in [1.54, 1.807) is 19.1 Å². The average Bonchev–Trinajstić information content (AvgIpc) is 2.38. The Balaban J connectivity index is 2.87. The third-order valence-corrected chi connectivity index (χ3v) is 3.37. The molecule has 0 bridgehead atoms. The number of anilines is 1. The molecule has 0 heterocycles. The number of carboxylic acid groups (broad SMARTS) is 1. The molecule has 1 aromatic carbocycles. The van der Waals surface area contributed by atoms with Crippen molar-refractivity contribution in [1.29, 1.82) is 0 Å². The normalized spacial score (nSPS) is 11.8. The quantitative estimate of drug-likeness (QED) is 0.875. The van der Waals surface area contributed by atoms with E-state index in [9.17, 15) is 9.59 Å². The number of aliphatic carboxylic acids is 1. The van der Waals surface area contributed by atoms with Crippen LogP contribution in [0, 0.1) is 6.92 Å². The first-order chi connectivity index (χ1) is 9.35. The van der Waals surface area contributed by atoms with Crippen molar-refractivity contribution in [3.63, 3.8) is 0 Å². The lowest BCUT2D eigenvalue weighted by Gasteiger charge is -2.27. The van der Waals surface area contributed by atoms with Crippen LogP contribution in [0.3, 0.4) is 0 Å². The molecule has 5 nitrogen and oxygen atoms in total. The first-order valence-corrected chi connectivity index (χ1v) is 6.78. The second kappa shape index (κ2) is 7.14. The van der Waals surface area contributed by atoms with Crippen LogP contribution in [0.1, 0.15) is 25.8 Å². The number of carbonyl (C=O) groups is 2. The molecule has 1 rings (SSSR count).